The molecule has 2 aromatic carbocycles. The maximum atomic E-state index is 13.0. The van der Waals surface area contributed by atoms with E-state index in [1.54, 1.807) is 18.2 Å². The predicted octanol–water partition coefficient (Wildman–Crippen LogP) is 3.55. The zero-order valence-electron chi connectivity index (χ0n) is 14.3. The number of thioether (sulfide) groups is 1. The number of nitrogens with zero attached hydrogens (tertiary/aromatic N) is 2. The van der Waals surface area contributed by atoms with Gasteiger partial charge in [-0.25, -0.2) is 8.42 Å². The van der Waals surface area contributed by atoms with E-state index in [-0.39, 0.29) is 21.6 Å². The molecular weight excluding hydrogens is 368 g/mol. The lowest BCUT2D eigenvalue weighted by atomic mass is 10.1. The third kappa shape index (κ3) is 3.14. The number of hydrogen-bond acceptors (Lipinski definition) is 5. The van der Waals surface area contributed by atoms with Crippen LogP contribution in [-0.4, -0.2) is 20.1 Å². The normalized spacial score (nSPS) is 16.5. The summed E-state index contributed by atoms with van der Waals surface area (Å²) in [5, 5.41) is 9.78. The number of benzene rings is 2. The van der Waals surface area contributed by atoms with Crippen LogP contribution in [0.15, 0.2) is 63.4 Å². The number of anilines is 1. The minimum atomic E-state index is -4.02. The van der Waals surface area contributed by atoms with E-state index in [1.807, 2.05) is 38.1 Å². The van der Waals surface area contributed by atoms with Gasteiger partial charge in [0.05, 0.1) is 16.3 Å². The molecule has 0 aromatic heterocycles. The molecule has 1 saturated heterocycles. The Hall–Kier alpha value is -2.56. The van der Waals surface area contributed by atoms with Gasteiger partial charge < -0.3 is 0 Å². The third-order valence-corrected chi connectivity index (χ3v) is 6.90. The fourth-order valence-electron chi connectivity index (χ4n) is 2.68. The van der Waals surface area contributed by atoms with Gasteiger partial charge in [0.15, 0.2) is 4.91 Å². The van der Waals surface area contributed by atoms with Crippen molar-refractivity contribution in [2.24, 2.45) is 0 Å². The molecular formula is C19H16N2O3S2. The molecule has 0 bridgehead atoms. The van der Waals surface area contributed by atoms with E-state index in [2.05, 4.69) is 0 Å². The second-order valence-electron chi connectivity index (χ2n) is 5.87. The lowest BCUT2D eigenvalue weighted by molar-refractivity contribution is -0.115. The van der Waals surface area contributed by atoms with Gasteiger partial charge in [0.2, 0.25) is 15.7 Å². The van der Waals surface area contributed by atoms with Crippen molar-refractivity contribution in [1.82, 2.24) is 0 Å². The van der Waals surface area contributed by atoms with Gasteiger partial charge in [-0.1, -0.05) is 42.1 Å². The highest BCUT2D eigenvalue weighted by atomic mass is 32.2. The summed E-state index contributed by atoms with van der Waals surface area (Å²) in [6.07, 6.45) is 0. The van der Waals surface area contributed by atoms with E-state index in [0.717, 1.165) is 22.9 Å². The van der Waals surface area contributed by atoms with Crippen LogP contribution in [0.25, 0.3) is 0 Å². The van der Waals surface area contributed by atoms with Crippen molar-refractivity contribution in [2.45, 2.75) is 18.7 Å². The highest BCUT2D eigenvalue weighted by molar-refractivity contribution is 8.05. The van der Waals surface area contributed by atoms with Crippen LogP contribution in [0, 0.1) is 25.2 Å². The Morgan fingerprint density at radius 1 is 1.15 bits per heavy atom. The predicted molar refractivity (Wildman–Crippen MR) is 102 cm³/mol. The number of carbonyl (C=O) groups excluding carboxylic acids is 1. The van der Waals surface area contributed by atoms with Crippen LogP contribution >= 0.6 is 11.8 Å². The van der Waals surface area contributed by atoms with Gasteiger partial charge in [-0.2, -0.15) is 5.26 Å². The topological polar surface area (TPSA) is 78.2 Å². The Kier molecular flexibility index (Phi) is 4.90. The molecule has 7 heteroatoms. The monoisotopic (exact) mass is 384 g/mol. The van der Waals surface area contributed by atoms with Crippen molar-refractivity contribution in [1.29, 1.82) is 5.26 Å². The largest absolute Gasteiger partial charge is 0.273 e. The lowest BCUT2D eigenvalue weighted by Crippen LogP contribution is -2.26. The van der Waals surface area contributed by atoms with E-state index in [9.17, 15) is 18.5 Å². The molecule has 1 heterocycles. The zero-order valence-corrected chi connectivity index (χ0v) is 15.9. The zero-order chi connectivity index (χ0) is 18.9. The molecule has 0 aliphatic carbocycles. The number of carbonyl (C=O) groups is 1. The Morgan fingerprint density at radius 2 is 1.85 bits per heavy atom. The SMILES string of the molecule is Cc1ccc(C)c(N2C(=O)CS/C2=C(\C#N)S(=O)(=O)c2ccccc2)c1. The number of hydrogen-bond donors (Lipinski definition) is 0. The highest BCUT2D eigenvalue weighted by Crippen LogP contribution is 2.40. The number of aryl methyl sites for hydroxylation is 2. The number of nitriles is 1. The molecule has 0 N–H and O–H groups in total. The van der Waals surface area contributed by atoms with E-state index >= 15 is 0 Å². The van der Waals surface area contributed by atoms with Crippen LogP contribution in [0.4, 0.5) is 5.69 Å². The van der Waals surface area contributed by atoms with E-state index < -0.39 is 14.7 Å². The molecule has 0 saturated carbocycles. The number of rotatable bonds is 3. The number of sulfone groups is 1. The summed E-state index contributed by atoms with van der Waals surface area (Å²) in [7, 11) is -4.02. The molecule has 0 unspecified atom stereocenters. The first-order valence-electron chi connectivity index (χ1n) is 7.84. The van der Waals surface area contributed by atoms with Crippen molar-refractivity contribution >= 4 is 33.2 Å². The summed E-state index contributed by atoms with van der Waals surface area (Å²) in [5.74, 6) is -0.146. The summed E-state index contributed by atoms with van der Waals surface area (Å²) >= 11 is 1.08. The molecule has 3 rings (SSSR count). The van der Waals surface area contributed by atoms with E-state index in [0.29, 0.717) is 5.69 Å². The fourth-order valence-corrected chi connectivity index (χ4v) is 5.28. The van der Waals surface area contributed by atoms with Gasteiger partial charge in [-0.15, -0.1) is 0 Å². The van der Waals surface area contributed by atoms with E-state index in [1.165, 1.54) is 17.0 Å². The number of allylic oxidation sites excluding steroid dienone is 1. The van der Waals surface area contributed by atoms with Crippen LogP contribution in [0.2, 0.25) is 0 Å². The van der Waals surface area contributed by atoms with Crippen molar-refractivity contribution in [3.8, 4) is 6.07 Å². The molecule has 1 aliphatic rings. The molecule has 5 nitrogen and oxygen atoms in total. The van der Waals surface area contributed by atoms with Crippen LogP contribution in [0.5, 0.6) is 0 Å². The minimum absolute atomic E-state index is 0.0323. The van der Waals surface area contributed by atoms with Crippen LogP contribution in [0.1, 0.15) is 11.1 Å². The molecule has 26 heavy (non-hydrogen) atoms. The lowest BCUT2D eigenvalue weighted by Gasteiger charge is -2.21. The van der Waals surface area contributed by atoms with Crippen LogP contribution < -0.4 is 4.90 Å². The maximum absolute atomic E-state index is 13.0. The Balaban J connectivity index is 2.23. The fraction of sp³-hybridized carbons (Fsp3) is 0.158. The van der Waals surface area contributed by atoms with Gasteiger partial charge in [0.1, 0.15) is 11.1 Å². The first kappa shape index (κ1) is 18.2. The van der Waals surface area contributed by atoms with Crippen molar-refractivity contribution in [3.05, 3.63) is 69.6 Å². The summed E-state index contributed by atoms with van der Waals surface area (Å²) in [6.45, 7) is 3.74. The second-order valence-corrected chi connectivity index (χ2v) is 8.72. The molecule has 1 fully saturated rings. The Morgan fingerprint density at radius 3 is 2.50 bits per heavy atom. The minimum Gasteiger partial charge on any atom is -0.273 e. The molecule has 0 atom stereocenters. The molecule has 1 aliphatic heterocycles. The highest BCUT2D eigenvalue weighted by Gasteiger charge is 2.36. The van der Waals surface area contributed by atoms with Gasteiger partial charge in [-0.3, -0.25) is 9.69 Å². The van der Waals surface area contributed by atoms with Gasteiger partial charge in [0.25, 0.3) is 0 Å². The summed E-state index contributed by atoms with van der Waals surface area (Å²) in [6, 6.07) is 15.2. The van der Waals surface area contributed by atoms with E-state index in [4.69, 9.17) is 0 Å². The third-order valence-electron chi connectivity index (χ3n) is 4.01. The summed E-state index contributed by atoms with van der Waals surface area (Å²) < 4.78 is 25.9. The van der Waals surface area contributed by atoms with Gasteiger partial charge >= 0.3 is 0 Å². The Labute approximate surface area is 156 Å². The summed E-state index contributed by atoms with van der Waals surface area (Å²) in [4.78, 5) is 13.5. The van der Waals surface area contributed by atoms with Crippen LogP contribution in [0.3, 0.4) is 0 Å². The van der Waals surface area contributed by atoms with Crippen LogP contribution in [-0.2, 0) is 14.6 Å². The average Bonchev–Trinajstić information content (AvgIpc) is 2.99. The van der Waals surface area contributed by atoms with Crippen molar-refractivity contribution in [3.63, 3.8) is 0 Å². The molecule has 132 valence electrons. The quantitative estimate of drug-likeness (QED) is 0.756. The Bertz CT molecular complexity index is 1050. The van der Waals surface area contributed by atoms with Crippen molar-refractivity contribution < 1.29 is 13.2 Å². The van der Waals surface area contributed by atoms with Gasteiger partial charge in [-0.05, 0) is 43.2 Å². The van der Waals surface area contributed by atoms with Gasteiger partial charge in [0, 0.05) is 0 Å². The second kappa shape index (κ2) is 6.98. The standard InChI is InChI=1S/C19H16N2O3S2/c1-13-8-9-14(2)16(10-13)21-18(22)12-25-19(21)17(11-20)26(23,24)15-6-4-3-5-7-15/h3-10H,12H2,1-2H3/b19-17+. The smallest absolute Gasteiger partial charge is 0.242 e. The maximum Gasteiger partial charge on any atom is 0.242 e. The summed E-state index contributed by atoms with van der Waals surface area (Å²) in [5.41, 5.74) is 2.38. The molecule has 1 amide bonds. The molecule has 0 radical (unpaired) electrons. The molecule has 0 spiro atoms. The molecule has 2 aromatic rings. The first-order valence-corrected chi connectivity index (χ1v) is 10.3. The number of amides is 1. The average molecular weight is 384 g/mol. The van der Waals surface area contributed by atoms with Crippen molar-refractivity contribution in [2.75, 3.05) is 10.7 Å². The first-order chi connectivity index (χ1) is 12.4.